The van der Waals surface area contributed by atoms with E-state index >= 15 is 0 Å². The maximum Gasteiger partial charge on any atom is 0.213 e. The Balaban J connectivity index is 1.73. The lowest BCUT2D eigenvalue weighted by atomic mass is 10.3. The fourth-order valence-electron chi connectivity index (χ4n) is 1.71. The van der Waals surface area contributed by atoms with Gasteiger partial charge in [-0.2, -0.15) is 0 Å². The fourth-order valence-corrected chi connectivity index (χ4v) is 1.71. The molecule has 20 heavy (non-hydrogen) atoms. The summed E-state index contributed by atoms with van der Waals surface area (Å²) in [4.78, 5) is 4.41. The van der Waals surface area contributed by atoms with E-state index < -0.39 is 0 Å². The molecule has 1 N–H and O–H groups in total. The second-order valence-corrected chi connectivity index (χ2v) is 4.26. The summed E-state index contributed by atoms with van der Waals surface area (Å²) in [5, 5.41) is 3.24. The van der Waals surface area contributed by atoms with Gasteiger partial charge in [0.2, 0.25) is 5.88 Å². The Labute approximate surface area is 119 Å². The zero-order chi connectivity index (χ0) is 14.0. The third-order valence-corrected chi connectivity index (χ3v) is 2.68. The molecule has 0 aliphatic rings. The molecule has 0 spiro atoms. The van der Waals surface area contributed by atoms with Crippen LogP contribution >= 0.6 is 0 Å². The molecule has 4 nitrogen and oxygen atoms in total. The van der Waals surface area contributed by atoms with Crippen LogP contribution in [0.3, 0.4) is 0 Å². The number of ether oxygens (including phenoxy) is 2. The molecule has 0 radical (unpaired) electrons. The predicted molar refractivity (Wildman–Crippen MR) is 79.0 cm³/mol. The third-order valence-electron chi connectivity index (χ3n) is 2.68. The summed E-state index contributed by atoms with van der Waals surface area (Å²) in [7, 11) is 0. The van der Waals surface area contributed by atoms with Crippen LogP contribution in [0.25, 0.3) is 0 Å². The van der Waals surface area contributed by atoms with Gasteiger partial charge in [0.25, 0.3) is 0 Å². The standard InChI is InChI=1S/C16H20N2O2/c1-2-17-13-14-7-6-10-16(18-14)20-12-11-19-15-8-4-3-5-9-15/h3-10,17H,2,11-13H2,1H3. The van der Waals surface area contributed by atoms with Crippen LogP contribution < -0.4 is 14.8 Å². The predicted octanol–water partition coefficient (Wildman–Crippen LogP) is 2.65. The van der Waals surface area contributed by atoms with Crippen LogP contribution in [0, 0.1) is 0 Å². The summed E-state index contributed by atoms with van der Waals surface area (Å²) < 4.78 is 11.1. The lowest BCUT2D eigenvalue weighted by Crippen LogP contribution is -2.14. The zero-order valence-electron chi connectivity index (χ0n) is 11.7. The molecule has 2 rings (SSSR count). The molecule has 1 heterocycles. The monoisotopic (exact) mass is 272 g/mol. The van der Waals surface area contributed by atoms with E-state index in [2.05, 4.69) is 17.2 Å². The van der Waals surface area contributed by atoms with Gasteiger partial charge < -0.3 is 14.8 Å². The lowest BCUT2D eigenvalue weighted by Gasteiger charge is -2.08. The molecule has 0 saturated carbocycles. The molecule has 1 aromatic heterocycles. The molecule has 0 amide bonds. The molecule has 0 aliphatic carbocycles. The van der Waals surface area contributed by atoms with E-state index in [0.29, 0.717) is 19.1 Å². The maximum atomic E-state index is 5.58. The van der Waals surface area contributed by atoms with Crippen LogP contribution in [0.15, 0.2) is 48.5 Å². The van der Waals surface area contributed by atoms with E-state index in [0.717, 1.165) is 24.5 Å². The third kappa shape index (κ3) is 4.90. The van der Waals surface area contributed by atoms with Gasteiger partial charge in [0, 0.05) is 12.6 Å². The average Bonchev–Trinajstić information content (AvgIpc) is 2.51. The Morgan fingerprint density at radius 3 is 2.55 bits per heavy atom. The summed E-state index contributed by atoms with van der Waals surface area (Å²) >= 11 is 0. The highest BCUT2D eigenvalue weighted by molar-refractivity contribution is 5.21. The average molecular weight is 272 g/mol. The van der Waals surface area contributed by atoms with Gasteiger partial charge in [-0.1, -0.05) is 31.2 Å². The summed E-state index contributed by atoms with van der Waals surface area (Å²) in [6.45, 7) is 4.74. The van der Waals surface area contributed by atoms with E-state index in [1.54, 1.807) is 0 Å². The molecule has 0 saturated heterocycles. The number of nitrogens with one attached hydrogen (secondary N) is 1. The van der Waals surface area contributed by atoms with Crippen molar-refractivity contribution in [1.82, 2.24) is 10.3 Å². The Bertz CT molecular complexity index is 503. The van der Waals surface area contributed by atoms with Crippen molar-refractivity contribution in [1.29, 1.82) is 0 Å². The van der Waals surface area contributed by atoms with E-state index in [1.807, 2.05) is 48.5 Å². The van der Waals surface area contributed by atoms with Gasteiger partial charge in [-0.15, -0.1) is 0 Å². The van der Waals surface area contributed by atoms with Crippen LogP contribution in [-0.4, -0.2) is 24.7 Å². The number of pyridine rings is 1. The smallest absolute Gasteiger partial charge is 0.213 e. The van der Waals surface area contributed by atoms with E-state index in [4.69, 9.17) is 9.47 Å². The Morgan fingerprint density at radius 1 is 0.950 bits per heavy atom. The molecule has 0 fully saturated rings. The van der Waals surface area contributed by atoms with Crippen LogP contribution in [0.4, 0.5) is 0 Å². The largest absolute Gasteiger partial charge is 0.490 e. The number of benzene rings is 1. The lowest BCUT2D eigenvalue weighted by molar-refractivity contribution is 0.211. The molecular weight excluding hydrogens is 252 g/mol. The van der Waals surface area contributed by atoms with Gasteiger partial charge in [0.05, 0.1) is 5.69 Å². The van der Waals surface area contributed by atoms with Crippen molar-refractivity contribution in [2.24, 2.45) is 0 Å². The minimum Gasteiger partial charge on any atom is -0.490 e. The quantitative estimate of drug-likeness (QED) is 0.750. The number of para-hydroxylation sites is 1. The molecule has 4 heteroatoms. The van der Waals surface area contributed by atoms with Gasteiger partial charge >= 0.3 is 0 Å². The highest BCUT2D eigenvalue weighted by atomic mass is 16.5. The first-order valence-electron chi connectivity index (χ1n) is 6.86. The summed E-state index contributed by atoms with van der Waals surface area (Å²) in [6, 6.07) is 15.5. The van der Waals surface area contributed by atoms with Crippen LogP contribution in [0.5, 0.6) is 11.6 Å². The molecular formula is C16H20N2O2. The normalized spacial score (nSPS) is 10.2. The number of nitrogens with zero attached hydrogens (tertiary/aromatic N) is 1. The van der Waals surface area contributed by atoms with Crippen molar-refractivity contribution >= 4 is 0 Å². The summed E-state index contributed by atoms with van der Waals surface area (Å²) in [5.74, 6) is 1.49. The van der Waals surface area contributed by atoms with Gasteiger partial charge in [0.1, 0.15) is 19.0 Å². The van der Waals surface area contributed by atoms with Crippen molar-refractivity contribution in [2.45, 2.75) is 13.5 Å². The number of hydrogen-bond donors (Lipinski definition) is 1. The minimum atomic E-state index is 0.479. The molecule has 0 aliphatic heterocycles. The van der Waals surface area contributed by atoms with Gasteiger partial charge in [-0.3, -0.25) is 0 Å². The van der Waals surface area contributed by atoms with Crippen molar-refractivity contribution in [3.63, 3.8) is 0 Å². The van der Waals surface area contributed by atoms with Crippen LogP contribution in [0.1, 0.15) is 12.6 Å². The molecule has 106 valence electrons. The zero-order valence-corrected chi connectivity index (χ0v) is 11.7. The first kappa shape index (κ1) is 14.3. The van der Waals surface area contributed by atoms with Crippen molar-refractivity contribution < 1.29 is 9.47 Å². The first-order valence-corrected chi connectivity index (χ1v) is 6.86. The maximum absolute atomic E-state index is 5.58. The number of hydrogen-bond acceptors (Lipinski definition) is 4. The number of aromatic nitrogens is 1. The highest BCUT2D eigenvalue weighted by Gasteiger charge is 1.99. The van der Waals surface area contributed by atoms with Gasteiger partial charge in [-0.25, -0.2) is 4.98 Å². The Morgan fingerprint density at radius 2 is 1.75 bits per heavy atom. The van der Waals surface area contributed by atoms with E-state index in [9.17, 15) is 0 Å². The van der Waals surface area contributed by atoms with Crippen molar-refractivity contribution in [2.75, 3.05) is 19.8 Å². The Hall–Kier alpha value is -2.07. The minimum absolute atomic E-state index is 0.479. The van der Waals surface area contributed by atoms with Crippen LogP contribution in [-0.2, 0) is 6.54 Å². The second kappa shape index (κ2) is 8.17. The summed E-state index contributed by atoms with van der Waals surface area (Å²) in [5.41, 5.74) is 0.980. The highest BCUT2D eigenvalue weighted by Crippen LogP contribution is 2.09. The molecule has 0 bridgehead atoms. The fraction of sp³-hybridized carbons (Fsp3) is 0.312. The first-order chi connectivity index (χ1) is 9.88. The SMILES string of the molecule is CCNCc1cccc(OCCOc2ccccc2)n1. The Kier molecular flexibility index (Phi) is 5.86. The summed E-state index contributed by atoms with van der Waals surface area (Å²) in [6.07, 6.45) is 0. The molecule has 1 aromatic carbocycles. The molecule has 0 unspecified atom stereocenters. The van der Waals surface area contributed by atoms with Gasteiger partial charge in [-0.05, 0) is 24.7 Å². The molecule has 0 atom stereocenters. The molecule has 2 aromatic rings. The second-order valence-electron chi connectivity index (χ2n) is 4.26. The van der Waals surface area contributed by atoms with E-state index in [-0.39, 0.29) is 0 Å². The number of rotatable bonds is 8. The van der Waals surface area contributed by atoms with Crippen molar-refractivity contribution in [3.05, 3.63) is 54.2 Å². The van der Waals surface area contributed by atoms with Crippen LogP contribution in [0.2, 0.25) is 0 Å². The van der Waals surface area contributed by atoms with Gasteiger partial charge in [0.15, 0.2) is 0 Å². The topological polar surface area (TPSA) is 43.4 Å². The van der Waals surface area contributed by atoms with Crippen molar-refractivity contribution in [3.8, 4) is 11.6 Å². The van der Waals surface area contributed by atoms with E-state index in [1.165, 1.54) is 0 Å².